The summed E-state index contributed by atoms with van der Waals surface area (Å²) in [6, 6.07) is 0. The topological polar surface area (TPSA) is 30.8 Å². The van der Waals surface area contributed by atoms with Crippen LogP contribution >= 0.6 is 0 Å². The second kappa shape index (κ2) is 3.45. The molecule has 1 heterocycles. The number of ether oxygens (including phenoxy) is 1. The minimum absolute atomic E-state index is 0.196. The van der Waals surface area contributed by atoms with Crippen molar-refractivity contribution in [3.05, 3.63) is 0 Å². The molecule has 0 bridgehead atoms. The highest BCUT2D eigenvalue weighted by Gasteiger charge is 2.15. The zero-order chi connectivity index (χ0) is 6.53. The molecule has 3 heteroatoms. The standard InChI is InChI=1S/C6H11NO2/c1-2-7-9-6-3-4-8-5-6/h2,6H,3-5H2,1H3. The van der Waals surface area contributed by atoms with Gasteiger partial charge in [0.2, 0.25) is 0 Å². The van der Waals surface area contributed by atoms with Crippen LogP contribution in [-0.2, 0) is 9.57 Å². The van der Waals surface area contributed by atoms with Gasteiger partial charge in [0.1, 0.15) is 0 Å². The number of hydrogen-bond donors (Lipinski definition) is 0. The zero-order valence-corrected chi connectivity index (χ0v) is 5.54. The first-order chi connectivity index (χ1) is 4.43. The maximum Gasteiger partial charge on any atom is 0.152 e. The molecule has 0 amide bonds. The fraction of sp³-hybridized carbons (Fsp3) is 0.833. The average molecular weight is 129 g/mol. The highest BCUT2D eigenvalue weighted by Crippen LogP contribution is 2.07. The minimum Gasteiger partial charge on any atom is -0.390 e. The second-order valence-corrected chi connectivity index (χ2v) is 1.95. The molecule has 1 saturated heterocycles. The van der Waals surface area contributed by atoms with E-state index >= 15 is 0 Å². The van der Waals surface area contributed by atoms with E-state index < -0.39 is 0 Å². The first-order valence-corrected chi connectivity index (χ1v) is 3.15. The Labute approximate surface area is 54.6 Å². The van der Waals surface area contributed by atoms with Crippen LogP contribution in [0.3, 0.4) is 0 Å². The predicted molar refractivity (Wildman–Crippen MR) is 34.5 cm³/mol. The van der Waals surface area contributed by atoms with Crippen molar-refractivity contribution < 1.29 is 9.57 Å². The van der Waals surface area contributed by atoms with E-state index in [4.69, 9.17) is 9.57 Å². The van der Waals surface area contributed by atoms with E-state index in [0.29, 0.717) is 6.61 Å². The van der Waals surface area contributed by atoms with Gasteiger partial charge in [-0.3, -0.25) is 0 Å². The third-order valence-electron chi connectivity index (χ3n) is 1.20. The van der Waals surface area contributed by atoms with Gasteiger partial charge in [-0.05, 0) is 6.92 Å². The molecular formula is C6H11NO2. The first kappa shape index (κ1) is 6.55. The van der Waals surface area contributed by atoms with Gasteiger partial charge in [-0.25, -0.2) is 0 Å². The summed E-state index contributed by atoms with van der Waals surface area (Å²) in [7, 11) is 0. The molecule has 1 aliphatic rings. The van der Waals surface area contributed by atoms with E-state index in [1.54, 1.807) is 6.21 Å². The van der Waals surface area contributed by atoms with Crippen LogP contribution in [0.25, 0.3) is 0 Å². The van der Waals surface area contributed by atoms with Gasteiger partial charge in [0.15, 0.2) is 6.10 Å². The van der Waals surface area contributed by atoms with Crippen LogP contribution in [0.2, 0.25) is 0 Å². The summed E-state index contributed by atoms with van der Waals surface area (Å²) in [5.41, 5.74) is 0. The SMILES string of the molecule is CC=NOC1CCOC1. The monoisotopic (exact) mass is 129 g/mol. The second-order valence-electron chi connectivity index (χ2n) is 1.95. The van der Waals surface area contributed by atoms with Gasteiger partial charge in [0.05, 0.1) is 13.2 Å². The lowest BCUT2D eigenvalue weighted by Crippen LogP contribution is -2.07. The summed E-state index contributed by atoms with van der Waals surface area (Å²) >= 11 is 0. The molecule has 0 radical (unpaired) electrons. The molecule has 1 rings (SSSR count). The van der Waals surface area contributed by atoms with Crippen molar-refractivity contribution in [2.45, 2.75) is 19.4 Å². The van der Waals surface area contributed by atoms with Crippen LogP contribution in [0.15, 0.2) is 5.16 Å². The molecule has 1 unspecified atom stereocenters. The molecule has 0 aromatic carbocycles. The average Bonchev–Trinajstić information content (AvgIpc) is 2.34. The van der Waals surface area contributed by atoms with E-state index in [-0.39, 0.29) is 6.10 Å². The Hall–Kier alpha value is -0.570. The van der Waals surface area contributed by atoms with Crippen LogP contribution in [0.1, 0.15) is 13.3 Å². The van der Waals surface area contributed by atoms with Gasteiger partial charge in [-0.2, -0.15) is 0 Å². The van der Waals surface area contributed by atoms with Gasteiger partial charge in [0, 0.05) is 12.6 Å². The van der Waals surface area contributed by atoms with Crippen molar-refractivity contribution in [1.82, 2.24) is 0 Å². The summed E-state index contributed by atoms with van der Waals surface area (Å²) in [6.07, 6.45) is 2.80. The molecule has 0 saturated carbocycles. The Bertz CT molecular complexity index is 97.2. The summed E-state index contributed by atoms with van der Waals surface area (Å²) in [6.45, 7) is 3.33. The molecule has 0 spiro atoms. The van der Waals surface area contributed by atoms with E-state index in [9.17, 15) is 0 Å². The Kier molecular flexibility index (Phi) is 2.51. The van der Waals surface area contributed by atoms with E-state index in [2.05, 4.69) is 5.16 Å². The normalized spacial score (nSPS) is 27.4. The summed E-state index contributed by atoms with van der Waals surface area (Å²) in [5.74, 6) is 0. The first-order valence-electron chi connectivity index (χ1n) is 3.15. The van der Waals surface area contributed by atoms with Gasteiger partial charge in [0.25, 0.3) is 0 Å². The highest BCUT2D eigenvalue weighted by molar-refractivity contribution is 5.52. The lowest BCUT2D eigenvalue weighted by molar-refractivity contribution is 0.0483. The summed E-state index contributed by atoms with van der Waals surface area (Å²) in [4.78, 5) is 5.00. The van der Waals surface area contributed by atoms with Crippen molar-refractivity contribution in [2.75, 3.05) is 13.2 Å². The zero-order valence-electron chi connectivity index (χ0n) is 5.54. The van der Waals surface area contributed by atoms with Crippen LogP contribution in [-0.4, -0.2) is 25.5 Å². The maximum atomic E-state index is 5.06. The molecule has 1 atom stereocenters. The maximum absolute atomic E-state index is 5.06. The minimum atomic E-state index is 0.196. The van der Waals surface area contributed by atoms with Crippen molar-refractivity contribution in [3.8, 4) is 0 Å². The highest BCUT2D eigenvalue weighted by atomic mass is 16.7. The molecular weight excluding hydrogens is 118 g/mol. The number of oxime groups is 1. The van der Waals surface area contributed by atoms with Gasteiger partial charge in [-0.15, -0.1) is 0 Å². The van der Waals surface area contributed by atoms with E-state index in [1.807, 2.05) is 6.92 Å². The fourth-order valence-corrected chi connectivity index (χ4v) is 0.743. The molecule has 0 aromatic rings. The van der Waals surface area contributed by atoms with Crippen molar-refractivity contribution in [1.29, 1.82) is 0 Å². The van der Waals surface area contributed by atoms with Crippen LogP contribution < -0.4 is 0 Å². The molecule has 3 nitrogen and oxygen atoms in total. The van der Waals surface area contributed by atoms with Crippen LogP contribution in [0.5, 0.6) is 0 Å². The quantitative estimate of drug-likeness (QED) is 0.408. The molecule has 0 N–H and O–H groups in total. The van der Waals surface area contributed by atoms with Crippen molar-refractivity contribution >= 4 is 6.21 Å². The van der Waals surface area contributed by atoms with Crippen molar-refractivity contribution in [3.63, 3.8) is 0 Å². The van der Waals surface area contributed by atoms with Gasteiger partial charge < -0.3 is 9.57 Å². The van der Waals surface area contributed by atoms with Crippen molar-refractivity contribution in [2.24, 2.45) is 5.16 Å². The Morgan fingerprint density at radius 1 is 1.78 bits per heavy atom. The molecule has 1 fully saturated rings. The van der Waals surface area contributed by atoms with Gasteiger partial charge >= 0.3 is 0 Å². The van der Waals surface area contributed by atoms with Gasteiger partial charge in [-0.1, -0.05) is 5.16 Å². The van der Waals surface area contributed by atoms with E-state index in [0.717, 1.165) is 13.0 Å². The predicted octanol–water partition coefficient (Wildman–Crippen LogP) is 0.798. The molecule has 0 aromatic heterocycles. The summed E-state index contributed by atoms with van der Waals surface area (Å²) < 4.78 is 5.06. The summed E-state index contributed by atoms with van der Waals surface area (Å²) in [5, 5.41) is 3.65. The fourth-order valence-electron chi connectivity index (χ4n) is 0.743. The number of hydrogen-bond acceptors (Lipinski definition) is 3. The lowest BCUT2D eigenvalue weighted by Gasteiger charge is -2.02. The van der Waals surface area contributed by atoms with E-state index in [1.165, 1.54) is 0 Å². The number of nitrogens with zero attached hydrogens (tertiary/aromatic N) is 1. The molecule has 1 aliphatic heterocycles. The molecule has 0 aliphatic carbocycles. The Balaban J connectivity index is 2.11. The smallest absolute Gasteiger partial charge is 0.152 e. The largest absolute Gasteiger partial charge is 0.390 e. The van der Waals surface area contributed by atoms with Crippen LogP contribution in [0.4, 0.5) is 0 Å². The number of rotatable bonds is 2. The molecule has 52 valence electrons. The van der Waals surface area contributed by atoms with Crippen LogP contribution in [0, 0.1) is 0 Å². The third-order valence-corrected chi connectivity index (χ3v) is 1.20. The Morgan fingerprint density at radius 2 is 2.67 bits per heavy atom. The third kappa shape index (κ3) is 2.01. The lowest BCUT2D eigenvalue weighted by atomic mass is 10.3. The Morgan fingerprint density at radius 3 is 3.22 bits per heavy atom. The molecule has 9 heavy (non-hydrogen) atoms.